The molecule has 0 unspecified atom stereocenters. The summed E-state index contributed by atoms with van der Waals surface area (Å²) < 4.78 is 0. The van der Waals surface area contributed by atoms with Crippen LogP contribution in [0.25, 0.3) is 0 Å². The summed E-state index contributed by atoms with van der Waals surface area (Å²) in [6.45, 7) is 15.7. The van der Waals surface area contributed by atoms with E-state index < -0.39 is 0 Å². The van der Waals surface area contributed by atoms with Crippen molar-refractivity contribution in [2.45, 2.75) is 79.0 Å². The summed E-state index contributed by atoms with van der Waals surface area (Å²) in [6, 6.07) is 9.49. The van der Waals surface area contributed by atoms with Crippen molar-refractivity contribution in [3.63, 3.8) is 0 Å². The lowest BCUT2D eigenvalue weighted by molar-refractivity contribution is 0.0945. The Balaban J connectivity index is 0.000000328. The molecule has 0 saturated carbocycles. The van der Waals surface area contributed by atoms with E-state index in [0.717, 1.165) is 16.5 Å². The van der Waals surface area contributed by atoms with Crippen LogP contribution >= 0.6 is 46.9 Å². The van der Waals surface area contributed by atoms with Crippen LogP contribution in [-0.4, -0.2) is 74.5 Å². The molecule has 0 fully saturated rings. The Morgan fingerprint density at radius 3 is 2.05 bits per heavy atom. The molecule has 0 saturated heterocycles. The molecule has 3 heterocycles. The molecule has 3 aromatic heterocycles. The van der Waals surface area contributed by atoms with E-state index in [1.807, 2.05) is 55.2 Å². The fourth-order valence-electron chi connectivity index (χ4n) is 2.98. The molecular weight excluding hydrogens is 606 g/mol. The molecule has 11 heteroatoms. The van der Waals surface area contributed by atoms with E-state index in [2.05, 4.69) is 67.9 Å². The average Bonchev–Trinajstić information content (AvgIpc) is 2.90. The monoisotopic (exact) mass is 649 g/mol. The van der Waals surface area contributed by atoms with Gasteiger partial charge < -0.3 is 10.2 Å². The van der Waals surface area contributed by atoms with Gasteiger partial charge in [-0.2, -0.15) is 0 Å². The lowest BCUT2D eigenvalue weighted by Crippen LogP contribution is -2.31. The zero-order valence-electron chi connectivity index (χ0n) is 26.1. The van der Waals surface area contributed by atoms with Crippen molar-refractivity contribution >= 4 is 58.6 Å². The second-order valence-electron chi connectivity index (χ2n) is 10.2. The minimum Gasteiger partial charge on any atom is -0.349 e. The van der Waals surface area contributed by atoms with Gasteiger partial charge in [-0.05, 0) is 51.4 Å². The van der Waals surface area contributed by atoms with Gasteiger partial charge >= 0.3 is 0 Å². The molecule has 0 atom stereocenters. The van der Waals surface area contributed by atoms with Crippen LogP contribution in [0.4, 0.5) is 0 Å². The number of amides is 1. The van der Waals surface area contributed by atoms with Crippen LogP contribution in [0, 0.1) is 0 Å². The van der Waals surface area contributed by atoms with Crippen LogP contribution in [-0.2, 0) is 0 Å². The van der Waals surface area contributed by atoms with Gasteiger partial charge in [-0.3, -0.25) is 19.6 Å². The molecule has 0 radical (unpaired) electrons. The van der Waals surface area contributed by atoms with Crippen molar-refractivity contribution in [1.29, 1.82) is 0 Å². The smallest absolute Gasteiger partial charge is 0.269 e. The zero-order chi connectivity index (χ0) is 31.7. The topological polar surface area (TPSA) is 88.1 Å². The van der Waals surface area contributed by atoms with Gasteiger partial charge in [0.2, 0.25) is 0 Å². The number of hydrogen-bond acceptors (Lipinski definition) is 9. The molecular formula is C31H44ClN5O2S3. The number of hydrogen-bond donors (Lipinski definition) is 1. The predicted molar refractivity (Wildman–Crippen MR) is 182 cm³/mol. The van der Waals surface area contributed by atoms with Crippen LogP contribution in [0.3, 0.4) is 0 Å². The maximum absolute atomic E-state index is 11.9. The lowest BCUT2D eigenvalue weighted by atomic mass is 10.2. The van der Waals surface area contributed by atoms with Crippen molar-refractivity contribution in [1.82, 2.24) is 25.2 Å². The van der Waals surface area contributed by atoms with Gasteiger partial charge in [0, 0.05) is 69.0 Å². The fraction of sp³-hybridized carbons (Fsp3) is 0.452. The number of halogens is 1. The molecule has 0 aliphatic carbocycles. The number of carbonyl (C=O) groups excluding carboxylic acids is 2. The first-order chi connectivity index (χ1) is 19.8. The van der Waals surface area contributed by atoms with Crippen molar-refractivity contribution in [3.8, 4) is 0 Å². The molecule has 0 aliphatic heterocycles. The first-order valence-electron chi connectivity index (χ1n) is 13.7. The molecule has 0 aromatic carbocycles. The van der Waals surface area contributed by atoms with E-state index in [1.54, 1.807) is 48.2 Å². The number of ketones is 1. The van der Waals surface area contributed by atoms with E-state index in [9.17, 15) is 9.59 Å². The van der Waals surface area contributed by atoms with Gasteiger partial charge in [-0.25, -0.2) is 4.98 Å². The molecule has 3 rings (SSSR count). The zero-order valence-corrected chi connectivity index (χ0v) is 29.3. The average molecular weight is 650 g/mol. The largest absolute Gasteiger partial charge is 0.349 e. The summed E-state index contributed by atoms with van der Waals surface area (Å²) >= 11 is 11.1. The molecule has 3 aromatic rings. The van der Waals surface area contributed by atoms with Gasteiger partial charge in [0.15, 0.2) is 5.78 Å². The summed E-state index contributed by atoms with van der Waals surface area (Å²) in [6.07, 6.45) is 6.94. The minimum atomic E-state index is -0.108. The molecule has 1 N–H and O–H groups in total. The molecule has 42 heavy (non-hydrogen) atoms. The van der Waals surface area contributed by atoms with E-state index in [4.69, 9.17) is 11.6 Å². The first-order valence-corrected chi connectivity index (χ1v) is 16.8. The maximum Gasteiger partial charge on any atom is 0.269 e. The summed E-state index contributed by atoms with van der Waals surface area (Å²) in [7, 11) is 3.95. The molecule has 7 nitrogen and oxygen atoms in total. The minimum absolute atomic E-state index is 0.0134. The van der Waals surface area contributed by atoms with Crippen molar-refractivity contribution < 1.29 is 9.59 Å². The quantitative estimate of drug-likeness (QED) is 0.164. The number of nitrogens with one attached hydrogen (secondary N) is 1. The SMILES string of the molecule is CC(=O)c1cnc(SC(C)C)c(Cl)c1.CC(C)Sc1cccnc1.CC(C)Sc1ccnc(C(=O)NCCN(C)C)c1. The third-order valence-electron chi connectivity index (χ3n) is 4.75. The number of thioether (sulfide) groups is 3. The third-order valence-corrected chi connectivity index (χ3v) is 8.15. The summed E-state index contributed by atoms with van der Waals surface area (Å²) in [5.41, 5.74) is 1.04. The van der Waals surface area contributed by atoms with Crippen molar-refractivity contribution in [3.05, 3.63) is 71.4 Å². The summed E-state index contributed by atoms with van der Waals surface area (Å²) in [4.78, 5) is 39.5. The highest BCUT2D eigenvalue weighted by atomic mass is 35.5. The third kappa shape index (κ3) is 17.1. The van der Waals surface area contributed by atoms with Crippen LogP contribution in [0.2, 0.25) is 5.02 Å². The molecule has 1 amide bonds. The van der Waals surface area contributed by atoms with Crippen LogP contribution in [0.5, 0.6) is 0 Å². The number of carbonyl (C=O) groups is 2. The summed E-state index contributed by atoms with van der Waals surface area (Å²) in [5, 5.41) is 5.77. The lowest BCUT2D eigenvalue weighted by Gasteiger charge is -2.10. The highest BCUT2D eigenvalue weighted by Gasteiger charge is 2.09. The first kappa shape index (κ1) is 37.9. The fourth-order valence-corrected chi connectivity index (χ4v) is 5.70. The van der Waals surface area contributed by atoms with Gasteiger partial charge in [0.1, 0.15) is 10.7 Å². The second-order valence-corrected chi connectivity index (χ2v) is 15.5. The van der Waals surface area contributed by atoms with Crippen LogP contribution in [0.15, 0.2) is 69.9 Å². The van der Waals surface area contributed by atoms with Crippen LogP contribution < -0.4 is 5.32 Å². The van der Waals surface area contributed by atoms with E-state index in [0.29, 0.717) is 38.6 Å². The highest BCUT2D eigenvalue weighted by Crippen LogP contribution is 2.28. The molecule has 0 bridgehead atoms. The Morgan fingerprint density at radius 2 is 1.52 bits per heavy atom. The standard InChI is InChI=1S/C13H21N3OS.C10H12ClNOS.C8H11NS/c1-10(2)18-11-5-6-14-12(9-11)13(17)15-7-8-16(3)4;1-6(2)14-10-9(11)4-8(5-12-10)7(3)13;1-7(2)10-8-4-3-5-9-6-8/h5-6,9-10H,7-8H2,1-4H3,(H,15,17);4-6H,1-3H3;3-7H,1-2H3. The number of likely N-dealkylation sites (N-methyl/N-ethyl adjacent to an activating group) is 1. The Labute approximate surface area is 269 Å². The normalized spacial score (nSPS) is 10.7. The van der Waals surface area contributed by atoms with Gasteiger partial charge in [0.25, 0.3) is 5.91 Å². The number of aromatic nitrogens is 3. The summed E-state index contributed by atoms with van der Waals surface area (Å²) in [5.74, 6) is -0.122. The molecule has 0 aliphatic rings. The Kier molecular flexibility index (Phi) is 18.7. The number of pyridine rings is 3. The van der Waals surface area contributed by atoms with Gasteiger partial charge in [-0.1, -0.05) is 53.1 Å². The molecule has 230 valence electrons. The predicted octanol–water partition coefficient (Wildman–Crippen LogP) is 7.89. The van der Waals surface area contributed by atoms with E-state index in [-0.39, 0.29) is 11.7 Å². The van der Waals surface area contributed by atoms with E-state index in [1.165, 1.54) is 11.8 Å². The number of nitrogens with zero attached hydrogens (tertiary/aromatic N) is 4. The van der Waals surface area contributed by atoms with Crippen molar-refractivity contribution in [2.75, 3.05) is 27.2 Å². The van der Waals surface area contributed by atoms with Crippen LogP contribution in [0.1, 0.15) is 69.3 Å². The Bertz CT molecular complexity index is 1230. The molecule has 0 spiro atoms. The van der Waals surface area contributed by atoms with Gasteiger partial charge in [0.05, 0.1) is 5.02 Å². The Morgan fingerprint density at radius 1 is 0.881 bits per heavy atom. The number of Topliss-reactive ketones (excluding diaryl/α,β-unsaturated/α-hetero) is 1. The van der Waals surface area contributed by atoms with Crippen molar-refractivity contribution in [2.24, 2.45) is 0 Å². The maximum atomic E-state index is 11.9. The second kappa shape index (κ2) is 20.7. The highest BCUT2D eigenvalue weighted by molar-refractivity contribution is 8.00. The number of rotatable bonds is 11. The van der Waals surface area contributed by atoms with E-state index >= 15 is 0 Å². The van der Waals surface area contributed by atoms with Gasteiger partial charge in [-0.15, -0.1) is 35.3 Å². The Hall–Kier alpha value is -2.11.